The Morgan fingerprint density at radius 2 is 1.79 bits per heavy atom. The molecule has 0 spiro atoms. The van der Waals surface area contributed by atoms with Crippen molar-refractivity contribution in [2.75, 3.05) is 30.0 Å². The molecule has 5 rings (SSSR count). The summed E-state index contributed by atoms with van der Waals surface area (Å²) >= 11 is 0. The van der Waals surface area contributed by atoms with Crippen molar-refractivity contribution in [2.45, 2.75) is 6.42 Å². The minimum absolute atomic E-state index is 0.0872. The Balaban J connectivity index is 1.32. The summed E-state index contributed by atoms with van der Waals surface area (Å²) in [7, 11) is 0. The summed E-state index contributed by atoms with van der Waals surface area (Å²) in [5.41, 5.74) is 3.40. The highest BCUT2D eigenvalue weighted by Gasteiger charge is 2.25. The van der Waals surface area contributed by atoms with Gasteiger partial charge in [0.1, 0.15) is 13.2 Å². The molecular formula is C21H18N4O3. The fourth-order valence-electron chi connectivity index (χ4n) is 3.46. The van der Waals surface area contributed by atoms with Gasteiger partial charge in [0.2, 0.25) is 5.95 Å². The summed E-state index contributed by atoms with van der Waals surface area (Å²) in [6.45, 7) is 1.76. The third-order valence-corrected chi connectivity index (χ3v) is 4.83. The minimum atomic E-state index is -0.0872. The fraction of sp³-hybridized carbons (Fsp3) is 0.190. The van der Waals surface area contributed by atoms with Crippen molar-refractivity contribution in [1.29, 1.82) is 0 Å². The van der Waals surface area contributed by atoms with Crippen LogP contribution >= 0.6 is 0 Å². The number of carbonyl (C=O) groups is 1. The maximum absolute atomic E-state index is 12.8. The maximum atomic E-state index is 12.8. The molecule has 3 aromatic rings. The summed E-state index contributed by atoms with van der Waals surface area (Å²) in [6.07, 6.45) is 3.97. The molecule has 2 aliphatic heterocycles. The highest BCUT2D eigenvalue weighted by atomic mass is 16.6. The number of hydrogen-bond donors (Lipinski definition) is 1. The normalized spacial score (nSPS) is 14.5. The molecule has 1 amide bonds. The molecule has 0 atom stereocenters. The highest BCUT2D eigenvalue weighted by Crippen LogP contribution is 2.33. The zero-order chi connectivity index (χ0) is 18.9. The molecule has 28 heavy (non-hydrogen) atoms. The van der Waals surface area contributed by atoms with Gasteiger partial charge >= 0.3 is 0 Å². The van der Waals surface area contributed by atoms with E-state index in [4.69, 9.17) is 9.47 Å². The molecule has 2 aliphatic rings. The molecule has 7 nitrogen and oxygen atoms in total. The monoisotopic (exact) mass is 374 g/mol. The third-order valence-electron chi connectivity index (χ3n) is 4.83. The maximum Gasteiger partial charge on any atom is 0.261 e. The van der Waals surface area contributed by atoms with Gasteiger partial charge < -0.3 is 19.7 Å². The molecule has 2 aromatic carbocycles. The van der Waals surface area contributed by atoms with Crippen LogP contribution in [0.25, 0.3) is 0 Å². The van der Waals surface area contributed by atoms with Gasteiger partial charge in [0.15, 0.2) is 11.5 Å². The lowest BCUT2D eigenvalue weighted by Crippen LogP contribution is -2.29. The second-order valence-electron chi connectivity index (χ2n) is 6.61. The predicted octanol–water partition coefficient (Wildman–Crippen LogP) is 3.19. The molecule has 140 valence electrons. The van der Waals surface area contributed by atoms with Crippen LogP contribution in [0.1, 0.15) is 15.9 Å². The Morgan fingerprint density at radius 1 is 1.00 bits per heavy atom. The van der Waals surface area contributed by atoms with Crippen LogP contribution < -0.4 is 19.7 Å². The predicted molar refractivity (Wildman–Crippen MR) is 105 cm³/mol. The molecule has 3 heterocycles. The standard InChI is InChI=1S/C21H18N4O3/c26-20(25-8-7-14-3-1-2-4-17(14)25)15-12-22-21(23-13-15)24-16-5-6-18-19(11-16)28-10-9-27-18/h1-6,11-13H,7-10H2,(H,22,23,24). The molecule has 0 radical (unpaired) electrons. The van der Waals surface area contributed by atoms with Gasteiger partial charge in [-0.25, -0.2) is 9.97 Å². The first-order valence-corrected chi connectivity index (χ1v) is 9.16. The van der Waals surface area contributed by atoms with Gasteiger partial charge in [-0.1, -0.05) is 18.2 Å². The molecular weight excluding hydrogens is 356 g/mol. The van der Waals surface area contributed by atoms with Gasteiger partial charge in [0, 0.05) is 36.4 Å². The first kappa shape index (κ1) is 16.6. The number of benzene rings is 2. The van der Waals surface area contributed by atoms with E-state index in [2.05, 4.69) is 21.4 Å². The Morgan fingerprint density at radius 3 is 2.64 bits per heavy atom. The van der Waals surface area contributed by atoms with Gasteiger partial charge in [-0.3, -0.25) is 4.79 Å². The largest absolute Gasteiger partial charge is 0.486 e. The average molecular weight is 374 g/mol. The Hall–Kier alpha value is -3.61. The van der Waals surface area contributed by atoms with E-state index in [9.17, 15) is 4.79 Å². The van der Waals surface area contributed by atoms with Crippen LogP contribution in [0.4, 0.5) is 17.3 Å². The van der Waals surface area contributed by atoms with E-state index in [0.717, 1.165) is 23.5 Å². The van der Waals surface area contributed by atoms with E-state index < -0.39 is 0 Å². The lowest BCUT2D eigenvalue weighted by Gasteiger charge is -2.19. The van der Waals surface area contributed by atoms with Crippen LogP contribution in [-0.4, -0.2) is 35.6 Å². The van der Waals surface area contributed by atoms with Crippen molar-refractivity contribution >= 4 is 23.2 Å². The number of nitrogens with one attached hydrogen (secondary N) is 1. The summed E-state index contributed by atoms with van der Waals surface area (Å²) in [6, 6.07) is 13.5. The van der Waals surface area contributed by atoms with Crippen molar-refractivity contribution in [1.82, 2.24) is 9.97 Å². The van der Waals surface area contributed by atoms with Crippen molar-refractivity contribution in [3.05, 3.63) is 66.0 Å². The van der Waals surface area contributed by atoms with Gasteiger partial charge in [-0.2, -0.15) is 0 Å². The number of hydrogen-bond acceptors (Lipinski definition) is 6. The number of aromatic nitrogens is 2. The van der Waals surface area contributed by atoms with Crippen LogP contribution in [0.2, 0.25) is 0 Å². The minimum Gasteiger partial charge on any atom is -0.486 e. The van der Waals surface area contributed by atoms with Gasteiger partial charge in [0.05, 0.1) is 5.56 Å². The topological polar surface area (TPSA) is 76.6 Å². The Labute approximate surface area is 161 Å². The second-order valence-corrected chi connectivity index (χ2v) is 6.61. The highest BCUT2D eigenvalue weighted by molar-refractivity contribution is 6.07. The van der Waals surface area contributed by atoms with E-state index in [-0.39, 0.29) is 5.91 Å². The van der Waals surface area contributed by atoms with E-state index in [1.807, 2.05) is 36.4 Å². The number of nitrogens with zero attached hydrogens (tertiary/aromatic N) is 3. The second kappa shape index (κ2) is 6.84. The SMILES string of the molecule is O=C(c1cnc(Nc2ccc3c(c2)OCCO3)nc1)N1CCc2ccccc21. The molecule has 0 saturated heterocycles. The fourth-order valence-corrected chi connectivity index (χ4v) is 3.46. The average Bonchev–Trinajstić information content (AvgIpc) is 3.18. The van der Waals surface area contributed by atoms with E-state index in [0.29, 0.717) is 37.0 Å². The van der Waals surface area contributed by atoms with Crippen LogP contribution in [0.15, 0.2) is 54.9 Å². The summed E-state index contributed by atoms with van der Waals surface area (Å²) in [4.78, 5) is 23.2. The molecule has 0 aliphatic carbocycles. The first-order valence-electron chi connectivity index (χ1n) is 9.16. The molecule has 0 fully saturated rings. The van der Waals surface area contributed by atoms with Crippen molar-refractivity contribution in [3.63, 3.8) is 0 Å². The summed E-state index contributed by atoms with van der Waals surface area (Å²) < 4.78 is 11.1. The van der Waals surface area contributed by atoms with Gasteiger partial charge in [-0.15, -0.1) is 0 Å². The quantitative estimate of drug-likeness (QED) is 0.759. The number of rotatable bonds is 3. The molecule has 0 bridgehead atoms. The Kier molecular flexibility index (Phi) is 4.05. The Bertz CT molecular complexity index is 1040. The van der Waals surface area contributed by atoms with E-state index in [1.54, 1.807) is 17.3 Å². The smallest absolute Gasteiger partial charge is 0.261 e. The molecule has 1 aromatic heterocycles. The summed E-state index contributed by atoms with van der Waals surface area (Å²) in [5.74, 6) is 1.74. The molecule has 1 N–H and O–H groups in total. The number of carbonyl (C=O) groups excluding carboxylic acids is 1. The molecule has 0 saturated carbocycles. The number of para-hydroxylation sites is 1. The van der Waals surface area contributed by atoms with Gasteiger partial charge in [-0.05, 0) is 30.2 Å². The van der Waals surface area contributed by atoms with Gasteiger partial charge in [0.25, 0.3) is 5.91 Å². The lowest BCUT2D eigenvalue weighted by atomic mass is 10.2. The van der Waals surface area contributed by atoms with Crippen LogP contribution in [0.3, 0.4) is 0 Å². The number of anilines is 3. The third kappa shape index (κ3) is 3.00. The van der Waals surface area contributed by atoms with Crippen LogP contribution in [0, 0.1) is 0 Å². The lowest BCUT2D eigenvalue weighted by molar-refractivity contribution is 0.0988. The zero-order valence-corrected chi connectivity index (χ0v) is 15.1. The molecule has 0 unspecified atom stereocenters. The van der Waals surface area contributed by atoms with Crippen molar-refractivity contribution in [2.24, 2.45) is 0 Å². The number of fused-ring (bicyclic) bond motifs is 2. The first-order chi connectivity index (χ1) is 13.8. The molecule has 7 heteroatoms. The van der Waals surface area contributed by atoms with Crippen molar-refractivity contribution in [3.8, 4) is 11.5 Å². The van der Waals surface area contributed by atoms with Crippen LogP contribution in [-0.2, 0) is 6.42 Å². The number of ether oxygens (including phenoxy) is 2. The number of amides is 1. The summed E-state index contributed by atoms with van der Waals surface area (Å²) in [5, 5.41) is 3.12. The van der Waals surface area contributed by atoms with Crippen LogP contribution in [0.5, 0.6) is 11.5 Å². The van der Waals surface area contributed by atoms with E-state index in [1.165, 1.54) is 5.56 Å². The van der Waals surface area contributed by atoms with Crippen molar-refractivity contribution < 1.29 is 14.3 Å². The van der Waals surface area contributed by atoms with E-state index >= 15 is 0 Å². The zero-order valence-electron chi connectivity index (χ0n) is 15.1.